The SMILES string of the molecule is N#Cc1cccc(-c2cc(Nc3ccc4[nH]ncc4c3)nc(N3CCOCC3)n2)c1. The molecule has 0 unspecified atom stereocenters. The van der Waals surface area contributed by atoms with E-state index in [1.165, 1.54) is 0 Å². The monoisotopic (exact) mass is 397 g/mol. The van der Waals surface area contributed by atoms with E-state index in [1.807, 2.05) is 42.5 Å². The van der Waals surface area contributed by atoms with Gasteiger partial charge in [0, 0.05) is 35.8 Å². The number of benzene rings is 2. The third kappa shape index (κ3) is 3.66. The minimum absolute atomic E-state index is 0.596. The van der Waals surface area contributed by atoms with E-state index >= 15 is 0 Å². The molecule has 0 amide bonds. The van der Waals surface area contributed by atoms with Gasteiger partial charge in [-0.25, -0.2) is 4.98 Å². The summed E-state index contributed by atoms with van der Waals surface area (Å²) in [6.07, 6.45) is 1.79. The zero-order valence-corrected chi connectivity index (χ0v) is 16.2. The van der Waals surface area contributed by atoms with Crippen LogP contribution in [0.15, 0.2) is 54.7 Å². The van der Waals surface area contributed by atoms with Gasteiger partial charge in [0.25, 0.3) is 0 Å². The Labute approximate surface area is 173 Å². The highest BCUT2D eigenvalue weighted by Crippen LogP contribution is 2.27. The number of H-pyrrole nitrogens is 1. The molecule has 2 N–H and O–H groups in total. The van der Waals surface area contributed by atoms with Crippen LogP contribution in [0.2, 0.25) is 0 Å². The van der Waals surface area contributed by atoms with Crippen LogP contribution in [-0.2, 0) is 4.74 Å². The Balaban J connectivity index is 1.55. The molecule has 8 heteroatoms. The van der Waals surface area contributed by atoms with E-state index in [9.17, 15) is 5.26 Å². The molecule has 2 aromatic heterocycles. The Kier molecular flexibility index (Phi) is 4.71. The number of aromatic amines is 1. The maximum absolute atomic E-state index is 9.26. The smallest absolute Gasteiger partial charge is 0.228 e. The molecule has 0 aliphatic carbocycles. The number of ether oxygens (including phenoxy) is 1. The molecule has 4 aromatic rings. The van der Waals surface area contributed by atoms with Crippen molar-refractivity contribution < 1.29 is 4.74 Å². The highest BCUT2D eigenvalue weighted by molar-refractivity contribution is 5.83. The highest BCUT2D eigenvalue weighted by Gasteiger charge is 2.17. The van der Waals surface area contributed by atoms with Gasteiger partial charge in [0.1, 0.15) is 5.82 Å². The first-order chi connectivity index (χ1) is 14.8. The molecule has 1 saturated heterocycles. The van der Waals surface area contributed by atoms with Crippen LogP contribution in [-0.4, -0.2) is 46.5 Å². The first-order valence-corrected chi connectivity index (χ1v) is 9.71. The zero-order chi connectivity index (χ0) is 20.3. The summed E-state index contributed by atoms with van der Waals surface area (Å²) in [5, 5.41) is 20.7. The highest BCUT2D eigenvalue weighted by atomic mass is 16.5. The lowest BCUT2D eigenvalue weighted by molar-refractivity contribution is 0.122. The van der Waals surface area contributed by atoms with Crippen molar-refractivity contribution in [2.75, 3.05) is 36.5 Å². The fourth-order valence-corrected chi connectivity index (χ4v) is 3.47. The van der Waals surface area contributed by atoms with E-state index < -0.39 is 0 Å². The first kappa shape index (κ1) is 18.1. The largest absolute Gasteiger partial charge is 0.378 e. The summed E-state index contributed by atoms with van der Waals surface area (Å²) in [6.45, 7) is 2.78. The summed E-state index contributed by atoms with van der Waals surface area (Å²) in [4.78, 5) is 11.6. The third-order valence-electron chi connectivity index (χ3n) is 5.01. The number of fused-ring (bicyclic) bond motifs is 1. The van der Waals surface area contributed by atoms with Gasteiger partial charge in [-0.2, -0.15) is 15.3 Å². The minimum atomic E-state index is 0.596. The number of hydrogen-bond acceptors (Lipinski definition) is 7. The molecule has 2 aromatic carbocycles. The Morgan fingerprint density at radius 2 is 1.97 bits per heavy atom. The van der Waals surface area contributed by atoms with Gasteiger partial charge in [0.15, 0.2) is 0 Å². The number of nitrogens with one attached hydrogen (secondary N) is 2. The summed E-state index contributed by atoms with van der Waals surface area (Å²) in [7, 11) is 0. The van der Waals surface area contributed by atoms with E-state index in [2.05, 4.69) is 26.5 Å². The quantitative estimate of drug-likeness (QED) is 0.543. The lowest BCUT2D eigenvalue weighted by atomic mass is 10.1. The van der Waals surface area contributed by atoms with Crippen molar-refractivity contribution in [3.8, 4) is 17.3 Å². The summed E-state index contributed by atoms with van der Waals surface area (Å²) >= 11 is 0. The first-order valence-electron chi connectivity index (χ1n) is 9.71. The van der Waals surface area contributed by atoms with Crippen molar-refractivity contribution in [3.63, 3.8) is 0 Å². The molecule has 0 radical (unpaired) electrons. The van der Waals surface area contributed by atoms with Crippen LogP contribution in [0.25, 0.3) is 22.2 Å². The molecule has 1 aliphatic heterocycles. The standard InChI is InChI=1S/C22H19N7O/c23-13-15-2-1-3-16(10-15)20-12-21(27-22(26-20)29-6-8-30-9-7-29)25-18-4-5-19-17(11-18)14-24-28-19/h1-5,10-12,14H,6-9H2,(H,24,28)(H,25,26,27). The van der Waals surface area contributed by atoms with E-state index in [0.29, 0.717) is 30.5 Å². The molecule has 3 heterocycles. The predicted octanol–water partition coefficient (Wildman–Crippen LogP) is 3.47. The number of aromatic nitrogens is 4. The van der Waals surface area contributed by atoms with Crippen molar-refractivity contribution in [2.45, 2.75) is 0 Å². The summed E-state index contributed by atoms with van der Waals surface area (Å²) < 4.78 is 5.47. The van der Waals surface area contributed by atoms with E-state index in [-0.39, 0.29) is 0 Å². The maximum Gasteiger partial charge on any atom is 0.228 e. The van der Waals surface area contributed by atoms with Crippen LogP contribution < -0.4 is 10.2 Å². The van der Waals surface area contributed by atoms with Crippen LogP contribution in [0, 0.1) is 11.3 Å². The second-order valence-electron chi connectivity index (χ2n) is 7.03. The van der Waals surface area contributed by atoms with Crippen LogP contribution in [0.1, 0.15) is 5.56 Å². The van der Waals surface area contributed by atoms with Crippen molar-refractivity contribution in [2.24, 2.45) is 0 Å². The minimum Gasteiger partial charge on any atom is -0.378 e. The number of nitriles is 1. The molecule has 1 aliphatic rings. The molecule has 0 saturated carbocycles. The molecule has 30 heavy (non-hydrogen) atoms. The summed E-state index contributed by atoms with van der Waals surface area (Å²) in [5.41, 5.74) is 4.12. The van der Waals surface area contributed by atoms with Crippen molar-refractivity contribution >= 4 is 28.4 Å². The molecule has 0 bridgehead atoms. The second kappa shape index (κ2) is 7.81. The number of hydrogen-bond donors (Lipinski definition) is 2. The molecule has 0 spiro atoms. The van der Waals surface area contributed by atoms with Crippen LogP contribution in [0.5, 0.6) is 0 Å². The number of rotatable bonds is 4. The molecule has 148 valence electrons. The zero-order valence-electron chi connectivity index (χ0n) is 16.2. The van der Waals surface area contributed by atoms with E-state index in [4.69, 9.17) is 14.7 Å². The van der Waals surface area contributed by atoms with E-state index in [1.54, 1.807) is 12.3 Å². The summed E-state index contributed by atoms with van der Waals surface area (Å²) in [6, 6.07) is 17.5. The average Bonchev–Trinajstić information content (AvgIpc) is 3.27. The van der Waals surface area contributed by atoms with Gasteiger partial charge in [-0.1, -0.05) is 12.1 Å². The van der Waals surface area contributed by atoms with Crippen molar-refractivity contribution in [1.82, 2.24) is 20.2 Å². The van der Waals surface area contributed by atoms with Crippen LogP contribution >= 0.6 is 0 Å². The van der Waals surface area contributed by atoms with Crippen LogP contribution in [0.3, 0.4) is 0 Å². The second-order valence-corrected chi connectivity index (χ2v) is 7.03. The maximum atomic E-state index is 9.26. The van der Waals surface area contributed by atoms with Gasteiger partial charge in [0.2, 0.25) is 5.95 Å². The van der Waals surface area contributed by atoms with Crippen molar-refractivity contribution in [3.05, 3.63) is 60.3 Å². The fraction of sp³-hybridized carbons (Fsp3) is 0.182. The molecular weight excluding hydrogens is 378 g/mol. The van der Waals surface area contributed by atoms with Gasteiger partial charge in [-0.15, -0.1) is 0 Å². The number of morpholine rings is 1. The van der Waals surface area contributed by atoms with E-state index in [0.717, 1.165) is 40.9 Å². The molecular formula is C22H19N7O. The lowest BCUT2D eigenvalue weighted by Gasteiger charge is -2.27. The van der Waals surface area contributed by atoms with Gasteiger partial charge in [-0.05, 0) is 30.3 Å². The molecule has 5 rings (SSSR count). The molecule has 1 fully saturated rings. The van der Waals surface area contributed by atoms with Gasteiger partial charge >= 0.3 is 0 Å². The Morgan fingerprint density at radius 1 is 1.07 bits per heavy atom. The van der Waals surface area contributed by atoms with Gasteiger partial charge in [-0.3, -0.25) is 5.10 Å². The normalized spacial score (nSPS) is 13.9. The fourth-order valence-electron chi connectivity index (χ4n) is 3.47. The molecule has 0 atom stereocenters. The topological polar surface area (TPSA) is 103 Å². The van der Waals surface area contributed by atoms with Gasteiger partial charge in [0.05, 0.1) is 42.3 Å². The summed E-state index contributed by atoms with van der Waals surface area (Å²) in [5.74, 6) is 1.33. The number of anilines is 3. The predicted molar refractivity (Wildman–Crippen MR) is 115 cm³/mol. The third-order valence-corrected chi connectivity index (χ3v) is 5.01. The molecule has 8 nitrogen and oxygen atoms in total. The van der Waals surface area contributed by atoms with Gasteiger partial charge < -0.3 is 15.0 Å². The lowest BCUT2D eigenvalue weighted by Crippen LogP contribution is -2.37. The number of nitrogens with zero attached hydrogens (tertiary/aromatic N) is 5. The van der Waals surface area contributed by atoms with Crippen LogP contribution in [0.4, 0.5) is 17.5 Å². The Morgan fingerprint density at radius 3 is 2.83 bits per heavy atom. The average molecular weight is 397 g/mol. The van der Waals surface area contributed by atoms with Crippen molar-refractivity contribution in [1.29, 1.82) is 5.26 Å². The Bertz CT molecular complexity index is 1240. The Hall–Kier alpha value is -3.96.